The highest BCUT2D eigenvalue weighted by Crippen LogP contribution is 2.18. The predicted octanol–water partition coefficient (Wildman–Crippen LogP) is 2.75. The second-order valence-electron chi connectivity index (χ2n) is 5.82. The molecule has 24 heavy (non-hydrogen) atoms. The zero-order chi connectivity index (χ0) is 16.9. The van der Waals surface area contributed by atoms with Gasteiger partial charge in [-0.15, -0.1) is 0 Å². The van der Waals surface area contributed by atoms with Crippen LogP contribution in [0.2, 0.25) is 0 Å². The molecule has 3 aromatic rings. The van der Waals surface area contributed by atoms with Gasteiger partial charge in [-0.2, -0.15) is 0 Å². The van der Waals surface area contributed by atoms with Crippen molar-refractivity contribution in [1.29, 1.82) is 0 Å². The van der Waals surface area contributed by atoms with E-state index in [1.165, 1.54) is 0 Å². The Balaban J connectivity index is 1.72. The van der Waals surface area contributed by atoms with E-state index in [4.69, 9.17) is 0 Å². The minimum Gasteiger partial charge on any atom is -0.350 e. The summed E-state index contributed by atoms with van der Waals surface area (Å²) >= 11 is 0. The molecule has 1 aromatic heterocycles. The number of carbonyl (C=O) groups excluding carboxylic acids is 1. The zero-order valence-corrected chi connectivity index (χ0v) is 14.0. The lowest BCUT2D eigenvalue weighted by atomic mass is 10.2. The highest BCUT2D eigenvalue weighted by atomic mass is 16.1. The third-order valence-electron chi connectivity index (χ3n) is 3.98. The van der Waals surface area contributed by atoms with Gasteiger partial charge >= 0.3 is 0 Å². The number of nitrogens with one attached hydrogen (secondary N) is 2. The lowest BCUT2D eigenvalue weighted by Crippen LogP contribution is -2.38. The molecule has 124 valence electrons. The van der Waals surface area contributed by atoms with Crippen LogP contribution < -0.4 is 10.6 Å². The Labute approximate surface area is 141 Å². The lowest BCUT2D eigenvalue weighted by molar-refractivity contribution is 0.0950. The molecule has 5 nitrogen and oxygen atoms in total. The van der Waals surface area contributed by atoms with Crippen molar-refractivity contribution in [2.24, 2.45) is 0 Å². The van der Waals surface area contributed by atoms with Crippen LogP contribution in [0.1, 0.15) is 24.2 Å². The van der Waals surface area contributed by atoms with Gasteiger partial charge in [-0.25, -0.2) is 4.98 Å². The van der Waals surface area contributed by atoms with Crippen LogP contribution in [0.25, 0.3) is 16.7 Å². The fourth-order valence-corrected chi connectivity index (χ4v) is 2.71. The molecule has 0 unspecified atom stereocenters. The number of amides is 1. The Hall–Kier alpha value is -2.66. The Morgan fingerprint density at radius 2 is 1.92 bits per heavy atom. The second kappa shape index (κ2) is 7.27. The number of imidazole rings is 1. The van der Waals surface area contributed by atoms with E-state index in [0.29, 0.717) is 12.1 Å². The Morgan fingerprint density at radius 1 is 1.17 bits per heavy atom. The van der Waals surface area contributed by atoms with Gasteiger partial charge in [0.25, 0.3) is 5.91 Å². The van der Waals surface area contributed by atoms with Gasteiger partial charge in [0, 0.05) is 23.8 Å². The van der Waals surface area contributed by atoms with E-state index in [1.54, 1.807) is 6.33 Å². The third kappa shape index (κ3) is 3.46. The first-order valence-electron chi connectivity index (χ1n) is 8.23. The summed E-state index contributed by atoms with van der Waals surface area (Å²) in [5, 5.41) is 6.22. The molecule has 1 atom stereocenters. The molecule has 0 radical (unpaired) electrons. The summed E-state index contributed by atoms with van der Waals surface area (Å²) in [6, 6.07) is 15.8. The minimum absolute atomic E-state index is 0.0539. The topological polar surface area (TPSA) is 58.9 Å². The van der Waals surface area contributed by atoms with Crippen LogP contribution in [-0.4, -0.2) is 34.6 Å². The Kier molecular flexibility index (Phi) is 4.91. The standard InChI is InChI=1S/C19H22N4O/c1-3-20-14(2)12-21-19(24)15-8-10-16(11-9-15)23-13-22-17-6-4-5-7-18(17)23/h4-11,13-14,20H,3,12H2,1-2H3,(H,21,24)/t14-/m1/s1. The van der Waals surface area contributed by atoms with E-state index in [9.17, 15) is 4.79 Å². The first kappa shape index (κ1) is 16.2. The van der Waals surface area contributed by atoms with Crippen LogP contribution in [0.4, 0.5) is 0 Å². The van der Waals surface area contributed by atoms with Crippen LogP contribution in [-0.2, 0) is 0 Å². The van der Waals surface area contributed by atoms with Gasteiger partial charge in [0.05, 0.1) is 11.0 Å². The van der Waals surface area contributed by atoms with Crippen LogP contribution in [0.5, 0.6) is 0 Å². The summed E-state index contributed by atoms with van der Waals surface area (Å²) < 4.78 is 2.02. The second-order valence-corrected chi connectivity index (χ2v) is 5.82. The Bertz CT molecular complexity index is 823. The summed E-state index contributed by atoms with van der Waals surface area (Å²) in [5.41, 5.74) is 3.65. The third-order valence-corrected chi connectivity index (χ3v) is 3.98. The molecule has 0 bridgehead atoms. The first-order chi connectivity index (χ1) is 11.7. The number of hydrogen-bond acceptors (Lipinski definition) is 3. The van der Waals surface area contributed by atoms with Crippen molar-refractivity contribution >= 4 is 16.9 Å². The van der Waals surface area contributed by atoms with Gasteiger partial charge in [-0.3, -0.25) is 9.36 Å². The average molecular weight is 322 g/mol. The molecule has 0 saturated heterocycles. The van der Waals surface area contributed by atoms with Crippen LogP contribution >= 0.6 is 0 Å². The average Bonchev–Trinajstić information content (AvgIpc) is 3.04. The fraction of sp³-hybridized carbons (Fsp3) is 0.263. The first-order valence-corrected chi connectivity index (χ1v) is 8.23. The molecule has 1 amide bonds. The smallest absolute Gasteiger partial charge is 0.251 e. The monoisotopic (exact) mass is 322 g/mol. The highest BCUT2D eigenvalue weighted by Gasteiger charge is 2.08. The van der Waals surface area contributed by atoms with Crippen LogP contribution in [0.3, 0.4) is 0 Å². The summed E-state index contributed by atoms with van der Waals surface area (Å²) in [5.74, 6) is -0.0539. The van der Waals surface area contributed by atoms with Crippen molar-refractivity contribution in [3.8, 4) is 5.69 Å². The maximum Gasteiger partial charge on any atom is 0.251 e. The van der Waals surface area contributed by atoms with E-state index in [-0.39, 0.29) is 11.9 Å². The van der Waals surface area contributed by atoms with E-state index < -0.39 is 0 Å². The fourth-order valence-electron chi connectivity index (χ4n) is 2.71. The maximum atomic E-state index is 12.2. The van der Waals surface area contributed by atoms with Crippen molar-refractivity contribution in [2.45, 2.75) is 19.9 Å². The number of aromatic nitrogens is 2. The number of fused-ring (bicyclic) bond motifs is 1. The quantitative estimate of drug-likeness (QED) is 0.734. The van der Waals surface area contributed by atoms with E-state index in [0.717, 1.165) is 23.3 Å². The van der Waals surface area contributed by atoms with E-state index in [1.807, 2.05) is 53.1 Å². The van der Waals surface area contributed by atoms with Crippen molar-refractivity contribution in [3.05, 3.63) is 60.4 Å². The van der Waals surface area contributed by atoms with Crippen molar-refractivity contribution in [3.63, 3.8) is 0 Å². The molecule has 5 heteroatoms. The number of hydrogen-bond donors (Lipinski definition) is 2. The number of para-hydroxylation sites is 2. The van der Waals surface area contributed by atoms with Crippen molar-refractivity contribution < 1.29 is 4.79 Å². The highest BCUT2D eigenvalue weighted by molar-refractivity contribution is 5.94. The van der Waals surface area contributed by atoms with Crippen LogP contribution in [0, 0.1) is 0 Å². The molecule has 0 fully saturated rings. The Morgan fingerprint density at radius 3 is 2.67 bits per heavy atom. The molecule has 0 spiro atoms. The molecule has 2 N–H and O–H groups in total. The molecule has 2 aromatic carbocycles. The van der Waals surface area contributed by atoms with Gasteiger partial charge in [0.15, 0.2) is 0 Å². The number of benzene rings is 2. The van der Waals surface area contributed by atoms with Gasteiger partial charge < -0.3 is 10.6 Å². The molecular weight excluding hydrogens is 300 g/mol. The van der Waals surface area contributed by atoms with Gasteiger partial charge in [-0.1, -0.05) is 19.1 Å². The van der Waals surface area contributed by atoms with Crippen LogP contribution in [0.15, 0.2) is 54.9 Å². The molecule has 0 aliphatic rings. The molecule has 1 heterocycles. The van der Waals surface area contributed by atoms with E-state index >= 15 is 0 Å². The largest absolute Gasteiger partial charge is 0.350 e. The molecule has 0 aliphatic heterocycles. The SMILES string of the molecule is CCN[C@H](C)CNC(=O)c1ccc(-n2cnc3ccccc32)cc1. The number of likely N-dealkylation sites (N-methyl/N-ethyl adjacent to an activating group) is 1. The number of rotatable bonds is 6. The number of carbonyl (C=O) groups is 1. The summed E-state index contributed by atoms with van der Waals surface area (Å²) in [4.78, 5) is 16.6. The summed E-state index contributed by atoms with van der Waals surface area (Å²) in [7, 11) is 0. The van der Waals surface area contributed by atoms with E-state index in [2.05, 4.69) is 29.5 Å². The number of nitrogens with zero attached hydrogens (tertiary/aromatic N) is 2. The summed E-state index contributed by atoms with van der Waals surface area (Å²) in [6.45, 7) is 5.61. The summed E-state index contributed by atoms with van der Waals surface area (Å²) in [6.07, 6.45) is 1.80. The van der Waals surface area contributed by atoms with Crippen molar-refractivity contribution in [1.82, 2.24) is 20.2 Å². The minimum atomic E-state index is -0.0539. The molecular formula is C19H22N4O. The zero-order valence-electron chi connectivity index (χ0n) is 14.0. The molecule has 3 rings (SSSR count). The van der Waals surface area contributed by atoms with Gasteiger partial charge in [-0.05, 0) is 49.9 Å². The molecule has 0 aliphatic carbocycles. The maximum absolute atomic E-state index is 12.2. The van der Waals surface area contributed by atoms with Crippen molar-refractivity contribution in [2.75, 3.05) is 13.1 Å². The predicted molar refractivity (Wildman–Crippen MR) is 96.5 cm³/mol. The normalized spacial score (nSPS) is 12.2. The molecule has 0 saturated carbocycles. The van der Waals surface area contributed by atoms with Gasteiger partial charge in [0.2, 0.25) is 0 Å². The van der Waals surface area contributed by atoms with Gasteiger partial charge in [0.1, 0.15) is 6.33 Å². The lowest BCUT2D eigenvalue weighted by Gasteiger charge is -2.13.